The normalized spacial score (nSPS) is 21.5. The van der Waals surface area contributed by atoms with E-state index in [1.807, 2.05) is 0 Å². The Morgan fingerprint density at radius 1 is 0.320 bits per heavy atom. The minimum Gasteiger partial charge on any atom is -0.492 e. The van der Waals surface area contributed by atoms with E-state index in [0.717, 1.165) is 51.4 Å². The van der Waals surface area contributed by atoms with Crippen molar-refractivity contribution in [2.24, 2.45) is 23.7 Å². The first-order chi connectivity index (χ1) is 59.8. The number of rotatable bonds is 34. The first-order valence-corrected chi connectivity index (χ1v) is 43.4. The number of ether oxygens (including phenoxy) is 12. The molecule has 9 aromatic rings. The van der Waals surface area contributed by atoms with Crippen LogP contribution in [0.25, 0.3) is 89.7 Å². The maximum absolute atomic E-state index is 13.2. The van der Waals surface area contributed by atoms with Crippen LogP contribution in [0.3, 0.4) is 0 Å². The molecule has 10 aliphatic rings. The van der Waals surface area contributed by atoms with Crippen molar-refractivity contribution >= 4 is 55.5 Å². The number of unbranched alkanes of at least 4 members (excludes halogenated alkanes) is 8. The number of nitrogens with one attached hydrogen (secondary N) is 2. The summed E-state index contributed by atoms with van der Waals surface area (Å²) >= 11 is 0. The van der Waals surface area contributed by atoms with Gasteiger partial charge in [0.2, 0.25) is 0 Å². The molecule has 6 aromatic carbocycles. The smallest absolute Gasteiger partial charge is 0.270 e. The Morgan fingerprint density at radius 3 is 0.730 bits per heavy atom. The van der Waals surface area contributed by atoms with E-state index in [4.69, 9.17) is 86.7 Å². The highest BCUT2D eigenvalue weighted by molar-refractivity contribution is 6.08. The lowest BCUT2D eigenvalue weighted by molar-refractivity contribution is -0.384. The van der Waals surface area contributed by atoms with Crippen molar-refractivity contribution in [1.82, 2.24) is 39.9 Å². The van der Waals surface area contributed by atoms with Crippen LogP contribution in [-0.4, -0.2) is 103 Å². The number of non-ortho nitro benzene ring substituents is 2. The van der Waals surface area contributed by atoms with Crippen molar-refractivity contribution in [3.8, 4) is 116 Å². The van der Waals surface area contributed by atoms with Gasteiger partial charge in [-0.15, -0.1) is 0 Å². The first-order valence-electron chi connectivity index (χ1n) is 43.4. The van der Waals surface area contributed by atoms with Crippen LogP contribution < -0.4 is 37.9 Å². The fourth-order valence-corrected chi connectivity index (χ4v) is 20.1. The molecule has 16 bridgehead atoms. The lowest BCUT2D eigenvalue weighted by atomic mass is 9.65. The number of nitrogens with zero attached hydrogens (tertiary/aromatic N) is 12. The van der Waals surface area contributed by atoms with E-state index in [9.17, 15) is 41.3 Å². The van der Waals surface area contributed by atoms with Crippen molar-refractivity contribution in [2.75, 3.05) is 52.9 Å². The minimum atomic E-state index is -0.761. The highest BCUT2D eigenvalue weighted by Gasteiger charge is 2.71. The molecule has 19 rings (SSSR count). The van der Waals surface area contributed by atoms with Gasteiger partial charge in [-0.25, -0.2) is 29.9 Å². The SMILES string of the molecule is CCCCOc1c(C#N)c(C#N)c(OCCCC)c2c1[C@H]1O[C@@H]2C2C1[C@H]1O[C@@H]2c2c(OCCCC)c3c(c(OCCCC)c21)-c1nc-3nc2[nH]c(nc3nc(nc4[nH]c(n1)c1cc([N+](=O)[O-])ccc41)-c1c(OCCCC)c4c(c(OCCCC)c1-3)[C@@H]1O[C@H]4C3C1[C@@H]1O[C@H]3c3c(OCCCC)c(C#N)c(C#N)c(OCCCC)c31)c1ccc([N+](=O)[O-])cc21. The quantitative estimate of drug-likeness (QED) is 0.0215. The molecule has 0 radical (unpaired) electrons. The molecular weight excluding hydrogens is 1560 g/mol. The Balaban J connectivity index is 0.878. The van der Waals surface area contributed by atoms with E-state index in [0.29, 0.717) is 175 Å². The van der Waals surface area contributed by atoms with Crippen molar-refractivity contribution < 1.29 is 66.7 Å². The number of nitro groups is 2. The summed E-state index contributed by atoms with van der Waals surface area (Å²) in [5.74, 6) is 1.37. The van der Waals surface area contributed by atoms with E-state index >= 15 is 0 Å². The molecule has 2 N–H and O–H groups in total. The Bertz CT molecular complexity index is 5870. The van der Waals surface area contributed by atoms with Crippen LogP contribution in [0, 0.1) is 89.2 Å². The van der Waals surface area contributed by atoms with Gasteiger partial charge in [-0.3, -0.25) is 20.2 Å². The molecule has 10 aliphatic heterocycles. The molecule has 4 unspecified atom stereocenters. The molecule has 13 heterocycles. The second-order valence-electron chi connectivity index (χ2n) is 32.8. The van der Waals surface area contributed by atoms with Gasteiger partial charge in [0.05, 0.1) is 134 Å². The number of aromatic amines is 2. The number of hydrogen-bond acceptors (Lipinski definition) is 26. The minimum absolute atomic E-state index is 0.0514. The molecule has 0 aliphatic carbocycles. The Morgan fingerprint density at radius 2 is 0.525 bits per heavy atom. The number of benzene rings is 6. The van der Waals surface area contributed by atoms with Crippen LogP contribution in [0.4, 0.5) is 11.4 Å². The highest BCUT2D eigenvalue weighted by Crippen LogP contribution is 2.80. The van der Waals surface area contributed by atoms with Gasteiger partial charge in [0.1, 0.15) is 115 Å². The summed E-state index contributed by atoms with van der Waals surface area (Å²) < 4.78 is 85.5. The molecule has 4 saturated heterocycles. The Labute approximate surface area is 702 Å². The van der Waals surface area contributed by atoms with Crippen molar-refractivity contribution in [3.63, 3.8) is 0 Å². The van der Waals surface area contributed by atoms with Crippen LogP contribution >= 0.6 is 0 Å². The van der Waals surface area contributed by atoms with E-state index in [1.165, 1.54) is 24.3 Å². The zero-order valence-electron chi connectivity index (χ0n) is 69.3. The van der Waals surface area contributed by atoms with Gasteiger partial charge >= 0.3 is 0 Å². The zero-order valence-corrected chi connectivity index (χ0v) is 69.3. The molecular formula is C92H92N14O16. The predicted molar refractivity (Wildman–Crippen MR) is 445 cm³/mol. The predicted octanol–water partition coefficient (Wildman–Crippen LogP) is 20.0. The third-order valence-corrected chi connectivity index (χ3v) is 25.6. The fraction of sp³-hybridized carbons (Fsp3) is 0.478. The monoisotopic (exact) mass is 1650 g/mol. The molecule has 30 nitrogen and oxygen atoms in total. The number of H-pyrrole nitrogens is 2. The largest absolute Gasteiger partial charge is 0.492 e. The number of fused-ring (bicyclic) bond motifs is 50. The summed E-state index contributed by atoms with van der Waals surface area (Å²) in [5, 5.41) is 72.1. The Kier molecular flexibility index (Phi) is 21.0. The molecule has 3 aromatic heterocycles. The summed E-state index contributed by atoms with van der Waals surface area (Å²) in [6, 6.07) is 18.3. The number of hydrogen-bond donors (Lipinski definition) is 2. The third kappa shape index (κ3) is 12.1. The summed E-state index contributed by atoms with van der Waals surface area (Å²) in [5.41, 5.74) is 7.26. The highest BCUT2D eigenvalue weighted by atomic mass is 16.6. The number of nitro benzene ring substituents is 2. The summed E-state index contributed by atoms with van der Waals surface area (Å²) in [7, 11) is 0. The standard InChI is InChI=1S/C92H92N14O16/c1-9-17-29-111-69-49(39-93)50(40-94)70(112-30-18-10-2)54-53(69)77-61-62(78(54)119-77)82-58-57(81(61)121-82)73(115-33-21-13-5)65-66(74(58)116-34-22-14-6)90-100-86-46-28-26-44(106(109)110)38-48(46)88(98-86)102-92-68-67(91(104-92)101-87-47-37-43(105(107)108)25-27-45(47)85(97-87)99-89(65)103-90)75(117-35-23-15-7)59-60(76(68)118-36-24-16-8)84-64-63(83(59)122-84)79-55-56(80(64)120-79)72(114-32-20-12-4)52(42-96)51(41-95)71(55)113-31-19-11-3/h25-28,37-38,61-64,77-84H,9-24,29-36H2,1-8H3,(H2,97,98,99,100,101,102,103,104)/t61?,62?,63?,64?,77-,78+,79+,80-,81+,82-,83-,84+. The van der Waals surface area contributed by atoms with Crippen molar-refractivity contribution in [2.45, 2.75) is 207 Å². The van der Waals surface area contributed by atoms with Crippen molar-refractivity contribution in [1.29, 1.82) is 21.0 Å². The van der Waals surface area contributed by atoms with E-state index in [1.54, 1.807) is 12.1 Å². The van der Waals surface area contributed by atoms with Gasteiger partial charge in [0.25, 0.3) is 11.4 Å². The lowest BCUT2D eigenvalue weighted by Gasteiger charge is -2.35. The molecule has 122 heavy (non-hydrogen) atoms. The third-order valence-electron chi connectivity index (χ3n) is 25.6. The maximum Gasteiger partial charge on any atom is 0.270 e. The van der Waals surface area contributed by atoms with Gasteiger partial charge in [-0.05, 0) is 63.5 Å². The maximum atomic E-state index is 13.2. The zero-order chi connectivity index (χ0) is 84.2. The number of aromatic nitrogens is 8. The summed E-state index contributed by atoms with van der Waals surface area (Å²) in [4.78, 5) is 65.7. The second-order valence-corrected chi connectivity index (χ2v) is 32.8. The van der Waals surface area contributed by atoms with Crippen LogP contribution in [-0.2, 0) is 18.9 Å². The first kappa shape index (κ1) is 79.5. The number of nitriles is 4. The molecule has 0 amide bonds. The van der Waals surface area contributed by atoms with E-state index < -0.39 is 82.3 Å². The molecule has 12 atom stereocenters. The fourth-order valence-electron chi connectivity index (χ4n) is 20.1. The van der Waals surface area contributed by atoms with Gasteiger partial charge < -0.3 is 66.8 Å². The van der Waals surface area contributed by atoms with Crippen LogP contribution in [0.1, 0.15) is 274 Å². The lowest BCUT2D eigenvalue weighted by Crippen LogP contribution is -2.29. The van der Waals surface area contributed by atoms with Crippen LogP contribution in [0.5, 0.6) is 46.0 Å². The van der Waals surface area contributed by atoms with Crippen LogP contribution in [0.15, 0.2) is 36.4 Å². The van der Waals surface area contributed by atoms with E-state index in [-0.39, 0.29) is 143 Å². The van der Waals surface area contributed by atoms with Crippen LogP contribution in [0.2, 0.25) is 0 Å². The van der Waals surface area contributed by atoms with Gasteiger partial charge in [0, 0.05) is 114 Å². The molecule has 0 saturated carbocycles. The second kappa shape index (κ2) is 32.2. The summed E-state index contributed by atoms with van der Waals surface area (Å²) in [6.07, 6.45) is 5.66. The van der Waals surface area contributed by atoms with Crippen molar-refractivity contribution in [3.05, 3.63) is 123 Å². The van der Waals surface area contributed by atoms with Gasteiger partial charge in [0.15, 0.2) is 23.3 Å². The van der Waals surface area contributed by atoms with Gasteiger partial charge in [-0.2, -0.15) is 21.0 Å². The molecule has 0 spiro atoms. The summed E-state index contributed by atoms with van der Waals surface area (Å²) in [6.45, 7) is 18.5. The molecule has 626 valence electrons. The van der Waals surface area contributed by atoms with E-state index in [2.05, 4.69) is 89.6 Å². The average Bonchev–Trinajstić information content (AvgIpc) is 1.50. The van der Waals surface area contributed by atoms with Gasteiger partial charge in [-0.1, -0.05) is 107 Å². The molecule has 4 fully saturated rings. The molecule has 30 heteroatoms. The average molecular weight is 1650 g/mol. The topological polar surface area (TPSA) is 401 Å². The Hall–Kier alpha value is -12.3.